The molecule has 0 saturated heterocycles. The van der Waals surface area contributed by atoms with E-state index in [1.54, 1.807) is 6.20 Å². The Labute approximate surface area is 82.4 Å². The van der Waals surface area contributed by atoms with Crippen molar-refractivity contribution in [2.75, 3.05) is 0 Å². The summed E-state index contributed by atoms with van der Waals surface area (Å²) < 4.78 is 3.63. The van der Waals surface area contributed by atoms with E-state index >= 15 is 0 Å². The molecule has 0 saturated carbocycles. The van der Waals surface area contributed by atoms with Gasteiger partial charge in [-0.2, -0.15) is 0 Å². The van der Waals surface area contributed by atoms with Crippen molar-refractivity contribution in [3.8, 4) is 0 Å². The summed E-state index contributed by atoms with van der Waals surface area (Å²) in [4.78, 5) is 16.1. The van der Waals surface area contributed by atoms with Gasteiger partial charge in [-0.15, -0.1) is 16.4 Å². The number of aromatic nitrogens is 3. The molecule has 0 N–H and O–H groups in total. The van der Waals surface area contributed by atoms with Gasteiger partial charge in [0.25, 0.3) is 0 Å². The fourth-order valence-corrected chi connectivity index (χ4v) is 1.92. The van der Waals surface area contributed by atoms with Gasteiger partial charge in [0.05, 0.1) is 12.6 Å². The molecule has 66 valence electrons. The predicted molar refractivity (Wildman–Crippen MR) is 50.1 cm³/mol. The normalized spacial score (nSPS) is 10.2. The maximum atomic E-state index is 11.5. The van der Waals surface area contributed by atoms with Crippen molar-refractivity contribution in [3.05, 3.63) is 27.7 Å². The van der Waals surface area contributed by atoms with E-state index in [0.717, 1.165) is 16.5 Å². The Morgan fingerprint density at radius 1 is 1.54 bits per heavy atom. The molecule has 2 rings (SSSR count). The summed E-state index contributed by atoms with van der Waals surface area (Å²) in [5, 5.41) is 6.29. The van der Waals surface area contributed by atoms with Gasteiger partial charge in [0, 0.05) is 11.6 Å². The van der Waals surface area contributed by atoms with Crippen molar-refractivity contribution in [2.45, 2.75) is 6.42 Å². The zero-order valence-electron chi connectivity index (χ0n) is 6.51. The minimum absolute atomic E-state index is 0.0324. The van der Waals surface area contributed by atoms with E-state index in [2.05, 4.69) is 14.6 Å². The Morgan fingerprint density at radius 2 is 2.46 bits per heavy atom. The van der Waals surface area contributed by atoms with Crippen LogP contribution in [0.25, 0.3) is 0 Å². The fourth-order valence-electron chi connectivity index (χ4n) is 0.855. The zero-order valence-corrected chi connectivity index (χ0v) is 8.14. The Kier molecular flexibility index (Phi) is 2.42. The number of Topliss-reactive ketones (excluding diaryl/α,β-unsaturated/α-hetero) is 1. The minimum Gasteiger partial charge on any atom is -0.293 e. The summed E-state index contributed by atoms with van der Waals surface area (Å²) in [7, 11) is 0. The number of carbonyl (C=O) groups excluding carboxylic acids is 1. The maximum Gasteiger partial charge on any atom is 0.182 e. The third-order valence-corrected chi connectivity index (χ3v) is 2.92. The molecule has 13 heavy (non-hydrogen) atoms. The number of nitrogens with zero attached hydrogens (tertiary/aromatic N) is 3. The monoisotopic (exact) mass is 211 g/mol. The molecular formula is C7H5N3OS2. The lowest BCUT2D eigenvalue weighted by atomic mass is 10.3. The van der Waals surface area contributed by atoms with Gasteiger partial charge in [-0.25, -0.2) is 4.98 Å². The molecule has 0 spiro atoms. The first-order valence-electron chi connectivity index (χ1n) is 3.55. The molecule has 0 radical (unpaired) electrons. The number of hydrogen-bond donors (Lipinski definition) is 0. The summed E-state index contributed by atoms with van der Waals surface area (Å²) in [5.41, 5.74) is 0. The molecule has 0 aliphatic rings. The molecule has 0 aromatic carbocycles. The zero-order chi connectivity index (χ0) is 9.10. The lowest BCUT2D eigenvalue weighted by Gasteiger charge is -1.90. The Morgan fingerprint density at radius 3 is 3.08 bits per heavy atom. The number of thiazole rings is 1. The van der Waals surface area contributed by atoms with Gasteiger partial charge < -0.3 is 0 Å². The average Bonchev–Trinajstić information content (AvgIpc) is 2.74. The van der Waals surface area contributed by atoms with Crippen LogP contribution in [-0.2, 0) is 6.42 Å². The van der Waals surface area contributed by atoms with Crippen LogP contribution in [0.2, 0.25) is 0 Å². The summed E-state index contributed by atoms with van der Waals surface area (Å²) in [5.74, 6) is 0.0324. The van der Waals surface area contributed by atoms with Gasteiger partial charge in [0.1, 0.15) is 9.88 Å². The smallest absolute Gasteiger partial charge is 0.182 e. The molecular weight excluding hydrogens is 206 g/mol. The first kappa shape index (κ1) is 8.46. The molecule has 0 atom stereocenters. The van der Waals surface area contributed by atoms with Crippen LogP contribution in [0.15, 0.2) is 17.8 Å². The van der Waals surface area contributed by atoms with Crippen molar-refractivity contribution in [3.63, 3.8) is 0 Å². The highest BCUT2D eigenvalue weighted by Crippen LogP contribution is 2.10. The molecule has 2 aromatic heterocycles. The van der Waals surface area contributed by atoms with E-state index in [1.165, 1.54) is 17.5 Å². The second-order valence-electron chi connectivity index (χ2n) is 2.31. The predicted octanol–water partition coefficient (Wildman–Crippen LogP) is 1.42. The molecule has 6 heteroatoms. The highest BCUT2D eigenvalue weighted by Gasteiger charge is 2.10. The number of rotatable bonds is 3. The van der Waals surface area contributed by atoms with Gasteiger partial charge in [0.2, 0.25) is 0 Å². The highest BCUT2D eigenvalue weighted by molar-refractivity contribution is 7.10. The first-order valence-corrected chi connectivity index (χ1v) is 5.20. The first-order chi connectivity index (χ1) is 6.36. The van der Waals surface area contributed by atoms with Gasteiger partial charge >= 0.3 is 0 Å². The van der Waals surface area contributed by atoms with Crippen LogP contribution in [0.4, 0.5) is 0 Å². The second kappa shape index (κ2) is 3.71. The van der Waals surface area contributed by atoms with Gasteiger partial charge in [-0.3, -0.25) is 4.79 Å². The molecule has 4 nitrogen and oxygen atoms in total. The van der Waals surface area contributed by atoms with Crippen LogP contribution in [-0.4, -0.2) is 20.4 Å². The van der Waals surface area contributed by atoms with Crippen LogP contribution in [0, 0.1) is 0 Å². The average molecular weight is 211 g/mol. The molecule has 0 aliphatic heterocycles. The van der Waals surface area contributed by atoms with Crippen molar-refractivity contribution in [1.82, 2.24) is 14.6 Å². The number of hydrogen-bond acceptors (Lipinski definition) is 6. The van der Waals surface area contributed by atoms with E-state index in [-0.39, 0.29) is 5.78 Å². The minimum atomic E-state index is 0.0324. The summed E-state index contributed by atoms with van der Waals surface area (Å²) in [6, 6.07) is 0. The van der Waals surface area contributed by atoms with Crippen LogP contribution in [0.1, 0.15) is 14.7 Å². The van der Waals surface area contributed by atoms with Crippen molar-refractivity contribution in [2.24, 2.45) is 0 Å². The summed E-state index contributed by atoms with van der Waals surface area (Å²) in [6.07, 6.45) is 3.53. The molecule has 2 aromatic rings. The lowest BCUT2D eigenvalue weighted by Crippen LogP contribution is -2.00. The van der Waals surface area contributed by atoms with E-state index in [4.69, 9.17) is 0 Å². The molecule has 0 bridgehead atoms. The van der Waals surface area contributed by atoms with Crippen molar-refractivity contribution >= 4 is 28.7 Å². The molecule has 0 fully saturated rings. The third kappa shape index (κ3) is 1.96. The van der Waals surface area contributed by atoms with Crippen LogP contribution in [0.3, 0.4) is 0 Å². The largest absolute Gasteiger partial charge is 0.293 e. The quantitative estimate of drug-likeness (QED) is 0.720. The van der Waals surface area contributed by atoms with Crippen molar-refractivity contribution in [1.29, 1.82) is 0 Å². The molecule has 0 aliphatic carbocycles. The van der Waals surface area contributed by atoms with Gasteiger partial charge in [0.15, 0.2) is 5.78 Å². The van der Waals surface area contributed by atoms with Gasteiger partial charge in [-0.05, 0) is 11.5 Å². The van der Waals surface area contributed by atoms with Gasteiger partial charge in [-0.1, -0.05) is 4.49 Å². The molecule has 2 heterocycles. The van der Waals surface area contributed by atoms with Crippen LogP contribution in [0.5, 0.6) is 0 Å². The van der Waals surface area contributed by atoms with E-state index in [0.29, 0.717) is 11.3 Å². The highest BCUT2D eigenvalue weighted by atomic mass is 32.1. The van der Waals surface area contributed by atoms with E-state index < -0.39 is 0 Å². The Hall–Kier alpha value is -1.14. The van der Waals surface area contributed by atoms with E-state index in [9.17, 15) is 4.79 Å². The fraction of sp³-hybridized carbons (Fsp3) is 0.143. The van der Waals surface area contributed by atoms with Crippen LogP contribution >= 0.6 is 22.9 Å². The third-order valence-electron chi connectivity index (χ3n) is 1.43. The lowest BCUT2D eigenvalue weighted by molar-refractivity contribution is 0.0996. The second-order valence-corrected chi connectivity index (χ2v) is 4.07. The Bertz CT molecular complexity index is 382. The standard InChI is InChI=1S/C7H5N3OS2/c11-5(6-4-9-10-13-6)3-7-8-1-2-12-7/h1-2,4H,3H2. The SMILES string of the molecule is O=C(Cc1nccs1)c1cnns1. The Balaban J connectivity index is 2.08. The number of ketones is 1. The molecule has 0 unspecified atom stereocenters. The number of carbonyl (C=O) groups is 1. The van der Waals surface area contributed by atoms with E-state index in [1.807, 2.05) is 5.38 Å². The van der Waals surface area contributed by atoms with Crippen LogP contribution < -0.4 is 0 Å². The maximum absolute atomic E-state index is 11.5. The summed E-state index contributed by atoms with van der Waals surface area (Å²) >= 11 is 2.60. The molecule has 0 amide bonds. The topological polar surface area (TPSA) is 55.7 Å². The summed E-state index contributed by atoms with van der Waals surface area (Å²) in [6.45, 7) is 0. The van der Waals surface area contributed by atoms with Crippen molar-refractivity contribution < 1.29 is 4.79 Å².